The number of fused-ring (bicyclic) bond motifs is 6. The molecule has 0 aliphatic heterocycles. The Labute approximate surface area is 303 Å². The average Bonchev–Trinajstić information content (AvgIpc) is 3.56. The highest BCUT2D eigenvalue weighted by Crippen LogP contribution is 2.46. The molecule has 0 aliphatic carbocycles. The van der Waals surface area contributed by atoms with Gasteiger partial charge in [-0.2, -0.15) is 0 Å². The van der Waals surface area contributed by atoms with Gasteiger partial charge < -0.3 is 9.47 Å². The summed E-state index contributed by atoms with van der Waals surface area (Å²) in [4.78, 5) is 2.43. The first-order chi connectivity index (χ1) is 25.8. The zero-order chi connectivity index (χ0) is 34.4. The smallest absolute Gasteiger partial charge is 0.0568 e. The van der Waals surface area contributed by atoms with Gasteiger partial charge in [0.2, 0.25) is 0 Å². The molecule has 0 radical (unpaired) electrons. The van der Waals surface area contributed by atoms with Crippen LogP contribution in [0.15, 0.2) is 206 Å². The third-order valence-corrected chi connectivity index (χ3v) is 10.4. The molecule has 52 heavy (non-hydrogen) atoms. The number of aromatic nitrogens is 1. The Balaban J connectivity index is 1.23. The maximum absolute atomic E-state index is 2.43. The summed E-state index contributed by atoms with van der Waals surface area (Å²) in [6.07, 6.45) is 0. The largest absolute Gasteiger partial charge is 0.310 e. The first-order valence-electron chi connectivity index (χ1n) is 17.9. The molecule has 0 spiro atoms. The van der Waals surface area contributed by atoms with Crippen molar-refractivity contribution in [2.75, 3.05) is 4.90 Å². The second-order valence-electron chi connectivity index (χ2n) is 13.3. The van der Waals surface area contributed by atoms with Crippen LogP contribution in [-0.2, 0) is 0 Å². The van der Waals surface area contributed by atoms with Crippen molar-refractivity contribution < 1.29 is 0 Å². The van der Waals surface area contributed by atoms with E-state index in [0.717, 1.165) is 22.7 Å². The van der Waals surface area contributed by atoms with E-state index in [1.54, 1.807) is 0 Å². The number of rotatable bonds is 6. The minimum Gasteiger partial charge on any atom is -0.310 e. The second kappa shape index (κ2) is 12.5. The summed E-state index contributed by atoms with van der Waals surface area (Å²) in [6, 6.07) is 74.7. The van der Waals surface area contributed by atoms with Crippen molar-refractivity contribution in [2.45, 2.75) is 0 Å². The molecule has 0 aliphatic rings. The zero-order valence-corrected chi connectivity index (χ0v) is 28.5. The van der Waals surface area contributed by atoms with Crippen LogP contribution in [0.1, 0.15) is 0 Å². The van der Waals surface area contributed by atoms with E-state index in [2.05, 4.69) is 216 Å². The van der Waals surface area contributed by atoms with E-state index in [1.165, 1.54) is 65.6 Å². The molecule has 10 aromatic rings. The molecular weight excluding hydrogens is 629 g/mol. The Bertz CT molecular complexity index is 2860. The molecular formula is C50H34N2. The van der Waals surface area contributed by atoms with Gasteiger partial charge in [-0.05, 0) is 86.9 Å². The van der Waals surface area contributed by atoms with Gasteiger partial charge in [-0.1, -0.05) is 158 Å². The van der Waals surface area contributed by atoms with Crippen LogP contribution < -0.4 is 4.90 Å². The number of hydrogen-bond donors (Lipinski definition) is 0. The van der Waals surface area contributed by atoms with Crippen LogP contribution >= 0.6 is 0 Å². The number of anilines is 3. The van der Waals surface area contributed by atoms with E-state index in [1.807, 2.05) is 0 Å². The summed E-state index contributed by atoms with van der Waals surface area (Å²) in [5.41, 5.74) is 11.7. The van der Waals surface area contributed by atoms with Gasteiger partial charge in [0.1, 0.15) is 0 Å². The maximum Gasteiger partial charge on any atom is 0.0568 e. The van der Waals surface area contributed by atoms with Crippen molar-refractivity contribution in [2.24, 2.45) is 0 Å². The lowest BCUT2D eigenvalue weighted by atomic mass is 9.97. The summed E-state index contributed by atoms with van der Waals surface area (Å²) in [7, 11) is 0. The van der Waals surface area contributed by atoms with Crippen LogP contribution in [0.2, 0.25) is 0 Å². The van der Waals surface area contributed by atoms with E-state index in [0.29, 0.717) is 0 Å². The van der Waals surface area contributed by atoms with Crippen molar-refractivity contribution in [3.05, 3.63) is 206 Å². The molecule has 0 N–H and O–H groups in total. The number of para-hydroxylation sites is 2. The van der Waals surface area contributed by atoms with Crippen molar-refractivity contribution in [3.8, 4) is 27.9 Å². The van der Waals surface area contributed by atoms with Crippen LogP contribution in [0.4, 0.5) is 17.1 Å². The minimum absolute atomic E-state index is 1.10. The van der Waals surface area contributed by atoms with Crippen LogP contribution in [0.25, 0.3) is 71.3 Å². The third-order valence-electron chi connectivity index (χ3n) is 10.4. The lowest BCUT2D eigenvalue weighted by molar-refractivity contribution is 1.18. The molecule has 2 nitrogen and oxygen atoms in total. The molecule has 0 saturated heterocycles. The molecule has 0 amide bonds. The quantitative estimate of drug-likeness (QED) is 0.172. The summed E-state index contributed by atoms with van der Waals surface area (Å²) < 4.78 is 2.42. The maximum atomic E-state index is 2.43. The third kappa shape index (κ3) is 4.96. The average molecular weight is 663 g/mol. The summed E-state index contributed by atoms with van der Waals surface area (Å²) in [5, 5.41) is 7.47. The highest BCUT2D eigenvalue weighted by Gasteiger charge is 2.22. The van der Waals surface area contributed by atoms with Crippen LogP contribution in [0.3, 0.4) is 0 Å². The normalized spacial score (nSPS) is 11.5. The summed E-state index contributed by atoms with van der Waals surface area (Å²) in [5.74, 6) is 0. The lowest BCUT2D eigenvalue weighted by Gasteiger charge is -2.28. The highest BCUT2D eigenvalue weighted by molar-refractivity contribution is 6.24. The van der Waals surface area contributed by atoms with E-state index < -0.39 is 0 Å². The fourth-order valence-electron chi connectivity index (χ4n) is 7.98. The van der Waals surface area contributed by atoms with Crippen molar-refractivity contribution in [1.29, 1.82) is 0 Å². The molecule has 9 aromatic carbocycles. The fourth-order valence-corrected chi connectivity index (χ4v) is 7.98. The summed E-state index contributed by atoms with van der Waals surface area (Å²) in [6.45, 7) is 0. The molecule has 244 valence electrons. The highest BCUT2D eigenvalue weighted by atomic mass is 15.1. The van der Waals surface area contributed by atoms with Gasteiger partial charge in [-0.3, -0.25) is 0 Å². The molecule has 0 atom stereocenters. The number of benzene rings is 9. The van der Waals surface area contributed by atoms with Gasteiger partial charge >= 0.3 is 0 Å². The molecule has 0 saturated carbocycles. The van der Waals surface area contributed by atoms with E-state index >= 15 is 0 Å². The van der Waals surface area contributed by atoms with Crippen LogP contribution in [-0.4, -0.2) is 4.57 Å². The molecule has 0 unspecified atom stereocenters. The van der Waals surface area contributed by atoms with Gasteiger partial charge in [0.15, 0.2) is 0 Å². The number of nitrogens with zero attached hydrogens (tertiary/aromatic N) is 2. The summed E-state index contributed by atoms with van der Waals surface area (Å²) >= 11 is 0. The first-order valence-corrected chi connectivity index (χ1v) is 17.9. The zero-order valence-electron chi connectivity index (χ0n) is 28.5. The Morgan fingerprint density at radius 2 is 0.885 bits per heavy atom. The molecule has 10 rings (SSSR count). The van der Waals surface area contributed by atoms with E-state index in [9.17, 15) is 0 Å². The Hall–Kier alpha value is -6.90. The number of hydrogen-bond acceptors (Lipinski definition) is 1. The first kappa shape index (κ1) is 30.0. The van der Waals surface area contributed by atoms with Crippen LogP contribution in [0, 0.1) is 0 Å². The van der Waals surface area contributed by atoms with Gasteiger partial charge in [0, 0.05) is 33.2 Å². The SMILES string of the molecule is c1ccc(-c2ccc(N(c3ccc(-c4cccc5ccccc45)cc3)c3cc4c(c5ccccc35)c3ccccc3n4-c3ccccc3)cc2)cc1. The van der Waals surface area contributed by atoms with E-state index in [4.69, 9.17) is 0 Å². The lowest BCUT2D eigenvalue weighted by Crippen LogP contribution is -2.11. The Kier molecular flexibility index (Phi) is 7.18. The molecule has 0 bridgehead atoms. The Morgan fingerprint density at radius 3 is 1.62 bits per heavy atom. The predicted molar refractivity (Wildman–Crippen MR) is 221 cm³/mol. The van der Waals surface area contributed by atoms with Gasteiger partial charge in [-0.15, -0.1) is 0 Å². The fraction of sp³-hybridized carbons (Fsp3) is 0. The van der Waals surface area contributed by atoms with Gasteiger partial charge in [-0.25, -0.2) is 0 Å². The second-order valence-corrected chi connectivity index (χ2v) is 13.3. The molecule has 1 aromatic heterocycles. The monoisotopic (exact) mass is 662 g/mol. The Morgan fingerprint density at radius 1 is 0.346 bits per heavy atom. The van der Waals surface area contributed by atoms with Gasteiger partial charge in [0.25, 0.3) is 0 Å². The van der Waals surface area contributed by atoms with Gasteiger partial charge in [0.05, 0.1) is 16.7 Å². The molecule has 2 heteroatoms. The molecule has 1 heterocycles. The standard InChI is InChI=1S/C50H34N2/c1-3-14-35(15-4-1)36-26-30-40(31-27-36)51(41-32-28-38(29-33-41)43-24-13-17-37-16-7-8-20-42(37)43)48-34-49-50(45-22-10-9-21-44(45)48)46-23-11-12-25-47(46)52(49)39-18-5-2-6-19-39/h1-34H. The predicted octanol–water partition coefficient (Wildman–Crippen LogP) is 13.9. The van der Waals surface area contributed by atoms with Crippen molar-refractivity contribution in [3.63, 3.8) is 0 Å². The van der Waals surface area contributed by atoms with E-state index in [-0.39, 0.29) is 0 Å². The topological polar surface area (TPSA) is 8.17 Å². The minimum atomic E-state index is 1.10. The molecule has 0 fully saturated rings. The van der Waals surface area contributed by atoms with Crippen molar-refractivity contribution >= 4 is 60.4 Å². The van der Waals surface area contributed by atoms with Crippen molar-refractivity contribution in [1.82, 2.24) is 4.57 Å². The van der Waals surface area contributed by atoms with Crippen LogP contribution in [0.5, 0.6) is 0 Å².